The van der Waals surface area contributed by atoms with Crippen molar-refractivity contribution in [3.63, 3.8) is 0 Å². The van der Waals surface area contributed by atoms with Gasteiger partial charge in [0.25, 0.3) is 0 Å². The molecule has 1 rings (SSSR count). The minimum absolute atomic E-state index is 0.181. The van der Waals surface area contributed by atoms with E-state index >= 15 is 0 Å². The third-order valence-electron chi connectivity index (χ3n) is 1.71. The number of nitrogens with zero attached hydrogens (tertiary/aromatic N) is 2. The zero-order valence-electron chi connectivity index (χ0n) is 9.14. The van der Waals surface area contributed by atoms with Gasteiger partial charge in [-0.25, -0.2) is 9.59 Å². The first-order valence-electron chi connectivity index (χ1n) is 4.45. The smallest absolute Gasteiger partial charge is 0.433 e. The third kappa shape index (κ3) is 3.84. The number of hydrogen-bond donors (Lipinski definition) is 0. The molecule has 0 saturated carbocycles. The molecule has 6 nitrogen and oxygen atoms in total. The number of methoxy groups -OCH3 is 2. The lowest BCUT2D eigenvalue weighted by molar-refractivity contribution is 0.181. The molecule has 0 spiro atoms. The van der Waals surface area contributed by atoms with Crippen molar-refractivity contribution < 1.29 is 19.1 Å². The first kappa shape index (κ1) is 13.1. The van der Waals surface area contributed by atoms with E-state index in [2.05, 4.69) is 19.5 Å². The summed E-state index contributed by atoms with van der Waals surface area (Å²) in [6.45, 7) is 0. The van der Waals surface area contributed by atoms with E-state index in [4.69, 9.17) is 11.6 Å². The van der Waals surface area contributed by atoms with Crippen LogP contribution in [0.4, 0.5) is 9.59 Å². The molecule has 0 heterocycles. The highest BCUT2D eigenvalue weighted by atomic mass is 35.5. The van der Waals surface area contributed by atoms with E-state index in [1.54, 1.807) is 0 Å². The number of hydrogen-bond acceptors (Lipinski definition) is 4. The minimum atomic E-state index is -0.760. The van der Waals surface area contributed by atoms with Crippen LogP contribution in [0.3, 0.4) is 0 Å². The van der Waals surface area contributed by atoms with Crippen molar-refractivity contribution in [2.75, 3.05) is 14.2 Å². The number of carbonyl (C=O) groups is 2. The highest BCUT2D eigenvalue weighted by Gasteiger charge is 2.11. The molecule has 7 heteroatoms. The number of rotatable bonds is 0. The number of aliphatic imine (C=N–C) groups is 2. The normalized spacial score (nSPS) is 19.1. The van der Waals surface area contributed by atoms with Gasteiger partial charge < -0.3 is 9.47 Å². The molecule has 1 aliphatic carbocycles. The summed E-state index contributed by atoms with van der Waals surface area (Å²) < 4.78 is 8.72. The van der Waals surface area contributed by atoms with Gasteiger partial charge in [-0.3, -0.25) is 0 Å². The Morgan fingerprint density at radius 1 is 1.12 bits per heavy atom. The molecule has 0 N–H and O–H groups in total. The van der Waals surface area contributed by atoms with Gasteiger partial charge in [0.2, 0.25) is 0 Å². The molecule has 0 unspecified atom stereocenters. The SMILES string of the molecule is COC(=O)/N=C1C=C/C(=N\C(=O)OC)C(Cl)=C\1. The number of allylic oxidation sites excluding steroid dienone is 4. The third-order valence-corrected chi connectivity index (χ3v) is 2.02. The van der Waals surface area contributed by atoms with Crippen molar-refractivity contribution in [1.82, 2.24) is 0 Å². The van der Waals surface area contributed by atoms with Gasteiger partial charge >= 0.3 is 12.2 Å². The first-order valence-corrected chi connectivity index (χ1v) is 4.83. The number of amides is 2. The van der Waals surface area contributed by atoms with Crippen LogP contribution in [-0.2, 0) is 9.47 Å². The number of carbonyl (C=O) groups excluding carboxylic acids is 2. The van der Waals surface area contributed by atoms with Gasteiger partial charge in [0.15, 0.2) is 0 Å². The maximum absolute atomic E-state index is 10.9. The minimum Gasteiger partial charge on any atom is -0.451 e. The van der Waals surface area contributed by atoms with Crippen LogP contribution in [0.1, 0.15) is 0 Å². The summed E-state index contributed by atoms with van der Waals surface area (Å²) in [6.07, 6.45) is 2.81. The summed E-state index contributed by atoms with van der Waals surface area (Å²) in [4.78, 5) is 28.9. The lowest BCUT2D eigenvalue weighted by Crippen LogP contribution is -2.09. The summed E-state index contributed by atoms with van der Waals surface area (Å²) in [5.41, 5.74) is 0.549. The van der Waals surface area contributed by atoms with Gasteiger partial charge in [-0.1, -0.05) is 11.6 Å². The molecular weight excluding hydrogens is 248 g/mol. The van der Waals surface area contributed by atoms with Crippen LogP contribution in [0, 0.1) is 0 Å². The van der Waals surface area contributed by atoms with Crippen molar-refractivity contribution in [2.45, 2.75) is 0 Å². The quantitative estimate of drug-likeness (QED) is 0.622. The van der Waals surface area contributed by atoms with E-state index in [0.717, 1.165) is 0 Å². The van der Waals surface area contributed by atoms with Crippen LogP contribution in [0.5, 0.6) is 0 Å². The topological polar surface area (TPSA) is 77.3 Å². The van der Waals surface area contributed by atoms with Crippen molar-refractivity contribution in [1.29, 1.82) is 0 Å². The van der Waals surface area contributed by atoms with Gasteiger partial charge in [-0.15, -0.1) is 0 Å². The zero-order chi connectivity index (χ0) is 12.8. The second-order valence-corrected chi connectivity index (χ2v) is 3.21. The number of halogens is 1. The highest BCUT2D eigenvalue weighted by molar-refractivity contribution is 6.49. The predicted octanol–water partition coefficient (Wildman–Crippen LogP) is 2.09. The van der Waals surface area contributed by atoms with Crippen LogP contribution in [0.15, 0.2) is 33.2 Å². The molecular formula is C10H9ClN2O4. The molecule has 17 heavy (non-hydrogen) atoms. The van der Waals surface area contributed by atoms with Crippen LogP contribution in [-0.4, -0.2) is 37.8 Å². The van der Waals surface area contributed by atoms with E-state index in [1.165, 1.54) is 32.4 Å². The van der Waals surface area contributed by atoms with Gasteiger partial charge in [0.05, 0.1) is 30.7 Å². The summed E-state index contributed by atoms with van der Waals surface area (Å²) in [5, 5.41) is 0.181. The van der Waals surface area contributed by atoms with Gasteiger partial charge in [0.1, 0.15) is 0 Å². The van der Waals surface area contributed by atoms with Crippen molar-refractivity contribution in [3.05, 3.63) is 23.3 Å². The molecule has 0 aromatic rings. The average Bonchev–Trinajstić information content (AvgIpc) is 2.32. The monoisotopic (exact) mass is 256 g/mol. The maximum Gasteiger partial charge on any atom is 0.433 e. The van der Waals surface area contributed by atoms with Crippen molar-refractivity contribution in [3.8, 4) is 0 Å². The lowest BCUT2D eigenvalue weighted by Gasteiger charge is -2.05. The summed E-state index contributed by atoms with van der Waals surface area (Å²) in [5.74, 6) is 0. The van der Waals surface area contributed by atoms with Crippen LogP contribution >= 0.6 is 11.6 Å². The van der Waals surface area contributed by atoms with E-state index in [0.29, 0.717) is 5.71 Å². The molecule has 0 radical (unpaired) electrons. The Labute approximate surface area is 102 Å². The Bertz CT molecular complexity index is 463. The molecule has 0 atom stereocenters. The van der Waals surface area contributed by atoms with Crippen molar-refractivity contribution >= 4 is 35.2 Å². The zero-order valence-corrected chi connectivity index (χ0v) is 9.89. The van der Waals surface area contributed by atoms with Crippen LogP contribution in [0.2, 0.25) is 0 Å². The average molecular weight is 257 g/mol. The molecule has 0 aliphatic heterocycles. The largest absolute Gasteiger partial charge is 0.451 e. The maximum atomic E-state index is 10.9. The second-order valence-electron chi connectivity index (χ2n) is 2.80. The fourth-order valence-corrected chi connectivity index (χ4v) is 1.17. The molecule has 0 aromatic heterocycles. The van der Waals surface area contributed by atoms with Gasteiger partial charge in [0, 0.05) is 0 Å². The first-order chi connectivity index (χ1) is 8.06. The standard InChI is InChI=1S/C10H9ClN2O4/c1-16-9(14)12-6-3-4-8(7(11)5-6)13-10(15)17-2/h3-5H,1-2H3/b12-6+,13-8+. The van der Waals surface area contributed by atoms with E-state index < -0.39 is 12.2 Å². The van der Waals surface area contributed by atoms with E-state index in [1.807, 2.05) is 0 Å². The van der Waals surface area contributed by atoms with Crippen LogP contribution in [0.25, 0.3) is 0 Å². The molecule has 0 aromatic carbocycles. The summed E-state index contributed by atoms with van der Waals surface area (Å²) in [7, 11) is 2.43. The number of ether oxygens (including phenoxy) is 2. The Hall–Kier alpha value is -1.95. The Morgan fingerprint density at radius 3 is 2.24 bits per heavy atom. The Morgan fingerprint density at radius 2 is 1.71 bits per heavy atom. The highest BCUT2D eigenvalue weighted by Crippen LogP contribution is 2.12. The molecule has 0 saturated heterocycles. The van der Waals surface area contributed by atoms with Crippen LogP contribution < -0.4 is 0 Å². The Kier molecular flexibility index (Phi) is 4.59. The fraction of sp³-hybridized carbons (Fsp3) is 0.200. The molecule has 2 amide bonds. The van der Waals surface area contributed by atoms with Gasteiger partial charge in [-0.2, -0.15) is 9.98 Å². The van der Waals surface area contributed by atoms with E-state index in [9.17, 15) is 9.59 Å². The molecule has 0 fully saturated rings. The predicted molar refractivity (Wildman–Crippen MR) is 62.8 cm³/mol. The summed E-state index contributed by atoms with van der Waals surface area (Å²) >= 11 is 5.84. The lowest BCUT2D eigenvalue weighted by atomic mass is 10.1. The molecule has 0 bridgehead atoms. The summed E-state index contributed by atoms with van der Waals surface area (Å²) in [6, 6.07) is 0. The molecule has 1 aliphatic rings. The van der Waals surface area contributed by atoms with E-state index in [-0.39, 0.29) is 10.7 Å². The van der Waals surface area contributed by atoms with Gasteiger partial charge in [-0.05, 0) is 18.2 Å². The fourth-order valence-electron chi connectivity index (χ4n) is 0.951. The van der Waals surface area contributed by atoms with Crippen molar-refractivity contribution in [2.24, 2.45) is 9.98 Å². The second kappa shape index (κ2) is 5.95. The Balaban J connectivity index is 2.91. The molecule has 90 valence electrons.